The summed E-state index contributed by atoms with van der Waals surface area (Å²) in [6, 6.07) is 5.60. The van der Waals surface area contributed by atoms with E-state index in [-0.39, 0.29) is 11.9 Å². The van der Waals surface area contributed by atoms with E-state index < -0.39 is 0 Å². The van der Waals surface area contributed by atoms with Gasteiger partial charge in [-0.3, -0.25) is 4.79 Å². The smallest absolute Gasteiger partial charge is 0.319 e. The number of amides is 3. The first-order valence-corrected chi connectivity index (χ1v) is 8.80. The number of anilines is 2. The average Bonchev–Trinajstić information content (AvgIpc) is 2.60. The van der Waals surface area contributed by atoms with Crippen molar-refractivity contribution in [1.82, 2.24) is 10.6 Å². The fourth-order valence-electron chi connectivity index (χ4n) is 3.51. The van der Waals surface area contributed by atoms with E-state index in [4.69, 9.17) is 0 Å². The molecule has 0 radical (unpaired) electrons. The van der Waals surface area contributed by atoms with E-state index >= 15 is 0 Å². The van der Waals surface area contributed by atoms with Crippen LogP contribution in [0.25, 0.3) is 0 Å². The van der Waals surface area contributed by atoms with Crippen molar-refractivity contribution in [1.29, 1.82) is 0 Å². The number of urea groups is 1. The Hall–Kier alpha value is -2.08. The summed E-state index contributed by atoms with van der Waals surface area (Å²) in [5.74, 6) is 0.577. The van der Waals surface area contributed by atoms with Crippen LogP contribution in [-0.4, -0.2) is 38.1 Å². The summed E-state index contributed by atoms with van der Waals surface area (Å²) in [6.45, 7) is 5.11. The lowest BCUT2D eigenvalue weighted by atomic mass is 10.00. The Morgan fingerprint density at radius 3 is 2.96 bits per heavy atom. The highest BCUT2D eigenvalue weighted by molar-refractivity contribution is 5.94. The zero-order valence-corrected chi connectivity index (χ0v) is 14.2. The van der Waals surface area contributed by atoms with Crippen LogP contribution >= 0.6 is 0 Å². The highest BCUT2D eigenvalue weighted by Gasteiger charge is 2.20. The molecule has 0 aromatic heterocycles. The van der Waals surface area contributed by atoms with Crippen LogP contribution in [0.15, 0.2) is 18.2 Å². The van der Waals surface area contributed by atoms with Gasteiger partial charge in [-0.1, -0.05) is 0 Å². The third-order valence-electron chi connectivity index (χ3n) is 4.79. The van der Waals surface area contributed by atoms with Crippen molar-refractivity contribution in [2.45, 2.75) is 32.6 Å². The Balaban J connectivity index is 1.57. The summed E-state index contributed by atoms with van der Waals surface area (Å²) in [6.07, 6.45) is 4.22. The first-order chi connectivity index (χ1) is 11.6. The molecule has 1 unspecified atom stereocenters. The van der Waals surface area contributed by atoms with Crippen LogP contribution in [0.1, 0.15) is 31.7 Å². The summed E-state index contributed by atoms with van der Waals surface area (Å²) in [7, 11) is 0. The van der Waals surface area contributed by atoms with Gasteiger partial charge in [0.05, 0.1) is 0 Å². The molecular weight excluding hydrogens is 304 g/mol. The fraction of sp³-hybridized carbons (Fsp3) is 0.556. The number of benzene rings is 1. The monoisotopic (exact) mass is 330 g/mol. The summed E-state index contributed by atoms with van der Waals surface area (Å²) in [4.78, 5) is 25.6. The van der Waals surface area contributed by atoms with E-state index in [0.717, 1.165) is 55.8 Å². The van der Waals surface area contributed by atoms with E-state index in [2.05, 4.69) is 16.0 Å². The number of nitrogens with zero attached hydrogens (tertiary/aromatic N) is 1. The fourth-order valence-corrected chi connectivity index (χ4v) is 3.51. The molecule has 1 saturated heterocycles. The van der Waals surface area contributed by atoms with Crippen LogP contribution in [0.2, 0.25) is 0 Å². The molecule has 24 heavy (non-hydrogen) atoms. The minimum absolute atomic E-state index is 0.0653. The molecule has 3 amide bonds. The maximum absolute atomic E-state index is 12.1. The number of fused-ring (bicyclic) bond motifs is 1. The normalized spacial score (nSPS) is 20.2. The van der Waals surface area contributed by atoms with E-state index in [1.165, 1.54) is 6.42 Å². The number of aryl methyl sites for hydroxylation is 1. The molecule has 0 spiro atoms. The summed E-state index contributed by atoms with van der Waals surface area (Å²) >= 11 is 0. The summed E-state index contributed by atoms with van der Waals surface area (Å²) < 4.78 is 0. The van der Waals surface area contributed by atoms with Gasteiger partial charge in [0.2, 0.25) is 5.91 Å². The Bertz CT molecular complexity index is 611. The first-order valence-electron chi connectivity index (χ1n) is 8.80. The second-order valence-electron chi connectivity index (χ2n) is 6.67. The Morgan fingerprint density at radius 2 is 2.21 bits per heavy atom. The predicted molar refractivity (Wildman–Crippen MR) is 95.4 cm³/mol. The first kappa shape index (κ1) is 16.8. The van der Waals surface area contributed by atoms with Gasteiger partial charge in [0, 0.05) is 31.4 Å². The van der Waals surface area contributed by atoms with Crippen molar-refractivity contribution in [2.75, 3.05) is 36.4 Å². The molecular formula is C18H26N4O2. The third-order valence-corrected chi connectivity index (χ3v) is 4.79. The largest absolute Gasteiger partial charge is 0.338 e. The standard InChI is InChI=1S/C18H26N4O2/c1-13(23)22-9-3-5-15-10-16(6-7-17(15)22)21-18(24)20-12-14-4-2-8-19-11-14/h6-7,10,14,19H,2-5,8-9,11-12H2,1H3,(H2,20,21,24). The number of rotatable bonds is 3. The molecule has 6 nitrogen and oxygen atoms in total. The average molecular weight is 330 g/mol. The molecule has 3 rings (SSSR count). The van der Waals surface area contributed by atoms with Crippen LogP contribution in [0.4, 0.5) is 16.2 Å². The Morgan fingerprint density at radius 1 is 1.33 bits per heavy atom. The van der Waals surface area contributed by atoms with Gasteiger partial charge < -0.3 is 20.9 Å². The van der Waals surface area contributed by atoms with Gasteiger partial charge in [-0.2, -0.15) is 0 Å². The highest BCUT2D eigenvalue weighted by atomic mass is 16.2. The molecule has 6 heteroatoms. The lowest BCUT2D eigenvalue weighted by molar-refractivity contribution is -0.116. The zero-order chi connectivity index (χ0) is 16.9. The molecule has 2 aliphatic rings. The SMILES string of the molecule is CC(=O)N1CCCc2cc(NC(=O)NCC3CCCNC3)ccc21. The molecule has 0 saturated carbocycles. The van der Waals surface area contributed by atoms with Crippen LogP contribution in [-0.2, 0) is 11.2 Å². The molecule has 2 heterocycles. The number of nitrogens with one attached hydrogen (secondary N) is 3. The van der Waals surface area contributed by atoms with Gasteiger partial charge >= 0.3 is 6.03 Å². The number of hydrogen-bond donors (Lipinski definition) is 3. The van der Waals surface area contributed by atoms with Crippen LogP contribution in [0.5, 0.6) is 0 Å². The minimum Gasteiger partial charge on any atom is -0.338 e. The van der Waals surface area contributed by atoms with Gasteiger partial charge in [0.15, 0.2) is 0 Å². The topological polar surface area (TPSA) is 73.5 Å². The quantitative estimate of drug-likeness (QED) is 0.795. The molecule has 1 aromatic rings. The van der Waals surface area contributed by atoms with E-state index in [1.54, 1.807) is 11.8 Å². The molecule has 2 aliphatic heterocycles. The lowest BCUT2D eigenvalue weighted by Crippen LogP contribution is -2.39. The van der Waals surface area contributed by atoms with Crippen molar-refractivity contribution in [3.8, 4) is 0 Å². The maximum atomic E-state index is 12.1. The number of hydrogen-bond acceptors (Lipinski definition) is 3. The molecule has 0 aliphatic carbocycles. The van der Waals surface area contributed by atoms with Crippen molar-refractivity contribution < 1.29 is 9.59 Å². The Kier molecular flexibility index (Phi) is 5.35. The van der Waals surface area contributed by atoms with Gasteiger partial charge in [-0.15, -0.1) is 0 Å². The molecule has 1 atom stereocenters. The predicted octanol–water partition coefficient (Wildman–Crippen LogP) is 2.11. The second kappa shape index (κ2) is 7.66. The minimum atomic E-state index is -0.167. The zero-order valence-electron chi connectivity index (χ0n) is 14.2. The van der Waals surface area contributed by atoms with Gasteiger partial charge in [-0.25, -0.2) is 4.79 Å². The van der Waals surface area contributed by atoms with Gasteiger partial charge in [0.1, 0.15) is 0 Å². The van der Waals surface area contributed by atoms with Crippen molar-refractivity contribution in [3.05, 3.63) is 23.8 Å². The molecule has 0 bridgehead atoms. The van der Waals surface area contributed by atoms with E-state index in [0.29, 0.717) is 12.5 Å². The molecule has 1 aromatic carbocycles. The van der Waals surface area contributed by atoms with Crippen LogP contribution < -0.4 is 20.9 Å². The second-order valence-corrected chi connectivity index (χ2v) is 6.67. The number of carbonyl (C=O) groups excluding carboxylic acids is 2. The summed E-state index contributed by atoms with van der Waals surface area (Å²) in [5, 5.41) is 9.21. The van der Waals surface area contributed by atoms with Crippen LogP contribution in [0.3, 0.4) is 0 Å². The molecule has 3 N–H and O–H groups in total. The molecule has 130 valence electrons. The lowest BCUT2D eigenvalue weighted by Gasteiger charge is -2.29. The van der Waals surface area contributed by atoms with Gasteiger partial charge in [0.25, 0.3) is 0 Å². The van der Waals surface area contributed by atoms with Crippen LogP contribution in [0, 0.1) is 5.92 Å². The Labute approximate surface area is 143 Å². The third kappa shape index (κ3) is 4.06. The highest BCUT2D eigenvalue weighted by Crippen LogP contribution is 2.29. The van der Waals surface area contributed by atoms with E-state index in [1.807, 2.05) is 18.2 Å². The number of piperidine rings is 1. The van der Waals surface area contributed by atoms with E-state index in [9.17, 15) is 9.59 Å². The van der Waals surface area contributed by atoms with Crippen molar-refractivity contribution >= 4 is 23.3 Å². The maximum Gasteiger partial charge on any atom is 0.319 e. The van der Waals surface area contributed by atoms with Crippen molar-refractivity contribution in [3.63, 3.8) is 0 Å². The molecule has 1 fully saturated rings. The number of carbonyl (C=O) groups is 2. The van der Waals surface area contributed by atoms with Gasteiger partial charge in [-0.05, 0) is 68.5 Å². The van der Waals surface area contributed by atoms with Crippen molar-refractivity contribution in [2.24, 2.45) is 5.92 Å². The summed E-state index contributed by atoms with van der Waals surface area (Å²) in [5.41, 5.74) is 2.86.